The monoisotopic (exact) mass is 338 g/mol. The fourth-order valence-electron chi connectivity index (χ4n) is 4.22. The Labute approximate surface area is 148 Å². The maximum absolute atomic E-state index is 13.6. The van der Waals surface area contributed by atoms with Crippen molar-refractivity contribution in [1.82, 2.24) is 4.90 Å². The molecule has 0 radical (unpaired) electrons. The summed E-state index contributed by atoms with van der Waals surface area (Å²) in [5, 5.41) is 0. The van der Waals surface area contributed by atoms with Crippen molar-refractivity contribution in [2.45, 2.75) is 25.2 Å². The van der Waals surface area contributed by atoms with Gasteiger partial charge in [-0.3, -0.25) is 4.79 Å². The number of benzene rings is 2. The van der Waals surface area contributed by atoms with Crippen molar-refractivity contribution in [1.29, 1.82) is 0 Å². The van der Waals surface area contributed by atoms with E-state index in [1.54, 1.807) is 12.1 Å². The second kappa shape index (κ2) is 5.95. The van der Waals surface area contributed by atoms with Gasteiger partial charge in [0.15, 0.2) is 0 Å². The molecule has 2 aliphatic rings. The van der Waals surface area contributed by atoms with E-state index in [4.69, 9.17) is 0 Å². The first-order chi connectivity index (χ1) is 12.0. The van der Waals surface area contributed by atoms with Gasteiger partial charge in [0.2, 0.25) is 0 Å². The second-order valence-corrected chi connectivity index (χ2v) is 7.51. The lowest BCUT2D eigenvalue weighted by molar-refractivity contribution is 0.0978. The molecule has 4 heteroatoms. The molecule has 2 aliphatic heterocycles. The molecule has 0 bridgehead atoms. The standard InChI is InChI=1S/C21H23FN2O/c1-15-6-7-19-18(12-15)21(8-10-23(2)11-9-21)14-24(19)20(25)16-4-3-5-17(22)13-16/h3-7,12-13H,8-11,14H2,1-2H3. The van der Waals surface area contributed by atoms with Gasteiger partial charge in [0, 0.05) is 23.2 Å². The number of hydrogen-bond donors (Lipinski definition) is 0. The number of likely N-dealkylation sites (tertiary alicyclic amines) is 1. The Morgan fingerprint density at radius 1 is 1.12 bits per heavy atom. The number of halogens is 1. The van der Waals surface area contributed by atoms with E-state index in [9.17, 15) is 9.18 Å². The lowest BCUT2D eigenvalue weighted by Gasteiger charge is -2.38. The van der Waals surface area contributed by atoms with Gasteiger partial charge in [-0.05, 0) is 69.7 Å². The number of nitrogens with zero attached hydrogens (tertiary/aromatic N) is 2. The molecule has 1 spiro atoms. The van der Waals surface area contributed by atoms with Gasteiger partial charge in [-0.15, -0.1) is 0 Å². The van der Waals surface area contributed by atoms with Crippen molar-refractivity contribution in [2.75, 3.05) is 31.6 Å². The van der Waals surface area contributed by atoms with Crippen LogP contribution in [0.3, 0.4) is 0 Å². The Hall–Kier alpha value is -2.20. The zero-order chi connectivity index (χ0) is 17.6. The van der Waals surface area contributed by atoms with Crippen LogP contribution in [0.5, 0.6) is 0 Å². The summed E-state index contributed by atoms with van der Waals surface area (Å²) in [5.41, 5.74) is 3.93. The third-order valence-electron chi connectivity index (χ3n) is 5.74. The van der Waals surface area contributed by atoms with Gasteiger partial charge in [0.25, 0.3) is 5.91 Å². The molecule has 0 N–H and O–H groups in total. The molecule has 0 unspecified atom stereocenters. The zero-order valence-corrected chi connectivity index (χ0v) is 14.8. The summed E-state index contributed by atoms with van der Waals surface area (Å²) in [4.78, 5) is 17.3. The van der Waals surface area contributed by atoms with Crippen LogP contribution in [-0.2, 0) is 5.41 Å². The number of hydrogen-bond acceptors (Lipinski definition) is 2. The summed E-state index contributed by atoms with van der Waals surface area (Å²) in [6.45, 7) is 4.86. The van der Waals surface area contributed by atoms with E-state index in [0.717, 1.165) is 31.6 Å². The highest BCUT2D eigenvalue weighted by atomic mass is 19.1. The summed E-state index contributed by atoms with van der Waals surface area (Å²) in [6, 6.07) is 12.3. The summed E-state index contributed by atoms with van der Waals surface area (Å²) in [5.74, 6) is -0.483. The summed E-state index contributed by atoms with van der Waals surface area (Å²) in [6.07, 6.45) is 2.10. The van der Waals surface area contributed by atoms with Crippen LogP contribution in [0.25, 0.3) is 0 Å². The smallest absolute Gasteiger partial charge is 0.258 e. The van der Waals surface area contributed by atoms with Crippen molar-refractivity contribution in [3.8, 4) is 0 Å². The highest BCUT2D eigenvalue weighted by molar-refractivity contribution is 6.07. The van der Waals surface area contributed by atoms with E-state index in [2.05, 4.69) is 37.1 Å². The van der Waals surface area contributed by atoms with Gasteiger partial charge in [-0.25, -0.2) is 4.39 Å². The zero-order valence-electron chi connectivity index (χ0n) is 14.8. The molecule has 25 heavy (non-hydrogen) atoms. The van der Waals surface area contributed by atoms with Gasteiger partial charge >= 0.3 is 0 Å². The lowest BCUT2D eigenvalue weighted by Crippen LogP contribution is -2.44. The molecule has 0 atom stereocenters. The van der Waals surface area contributed by atoms with Crippen molar-refractivity contribution < 1.29 is 9.18 Å². The quantitative estimate of drug-likeness (QED) is 0.790. The molecule has 2 heterocycles. The van der Waals surface area contributed by atoms with Gasteiger partial charge in [0.1, 0.15) is 5.82 Å². The summed E-state index contributed by atoms with van der Waals surface area (Å²) in [7, 11) is 2.15. The van der Waals surface area contributed by atoms with Crippen molar-refractivity contribution in [3.63, 3.8) is 0 Å². The second-order valence-electron chi connectivity index (χ2n) is 7.51. The minimum atomic E-state index is -0.372. The lowest BCUT2D eigenvalue weighted by atomic mass is 9.74. The van der Waals surface area contributed by atoms with E-state index in [1.807, 2.05) is 4.90 Å². The Morgan fingerprint density at radius 2 is 1.88 bits per heavy atom. The van der Waals surface area contributed by atoms with Crippen LogP contribution in [0, 0.1) is 12.7 Å². The molecule has 1 saturated heterocycles. The molecule has 0 aromatic heterocycles. The average molecular weight is 338 g/mol. The predicted molar refractivity (Wildman–Crippen MR) is 97.7 cm³/mol. The van der Waals surface area contributed by atoms with Crippen LogP contribution >= 0.6 is 0 Å². The number of fused-ring (bicyclic) bond motifs is 2. The molecule has 0 saturated carbocycles. The third kappa shape index (κ3) is 2.74. The number of rotatable bonds is 1. The number of anilines is 1. The maximum atomic E-state index is 13.6. The van der Waals surface area contributed by atoms with Gasteiger partial charge in [-0.1, -0.05) is 23.8 Å². The summed E-state index contributed by atoms with van der Waals surface area (Å²) >= 11 is 0. The van der Waals surface area contributed by atoms with E-state index >= 15 is 0 Å². The van der Waals surface area contributed by atoms with Gasteiger partial charge in [-0.2, -0.15) is 0 Å². The van der Waals surface area contributed by atoms with E-state index in [0.29, 0.717) is 12.1 Å². The maximum Gasteiger partial charge on any atom is 0.258 e. The Kier molecular flexibility index (Phi) is 3.88. The molecule has 1 fully saturated rings. The minimum Gasteiger partial charge on any atom is -0.307 e. The first-order valence-corrected chi connectivity index (χ1v) is 8.86. The highest BCUT2D eigenvalue weighted by Gasteiger charge is 2.46. The third-order valence-corrected chi connectivity index (χ3v) is 5.74. The van der Waals surface area contributed by atoms with Crippen LogP contribution in [0.15, 0.2) is 42.5 Å². The number of amides is 1. The van der Waals surface area contributed by atoms with E-state index in [1.165, 1.54) is 23.3 Å². The molecular weight excluding hydrogens is 315 g/mol. The Morgan fingerprint density at radius 3 is 2.60 bits per heavy atom. The van der Waals surface area contributed by atoms with E-state index in [-0.39, 0.29) is 17.1 Å². The molecule has 3 nitrogen and oxygen atoms in total. The minimum absolute atomic E-state index is 0.0247. The molecule has 0 aliphatic carbocycles. The molecular formula is C21H23FN2O. The fraction of sp³-hybridized carbons (Fsp3) is 0.381. The molecule has 130 valence electrons. The Balaban J connectivity index is 1.75. The first kappa shape index (κ1) is 16.3. The number of carbonyl (C=O) groups is 1. The van der Waals surface area contributed by atoms with Gasteiger partial charge in [0.05, 0.1) is 0 Å². The van der Waals surface area contributed by atoms with Crippen LogP contribution < -0.4 is 4.90 Å². The number of carbonyl (C=O) groups excluding carboxylic acids is 1. The average Bonchev–Trinajstić information content (AvgIpc) is 2.91. The SMILES string of the molecule is Cc1ccc2c(c1)C1(CCN(C)CC1)CN2C(=O)c1cccc(F)c1. The van der Waals surface area contributed by atoms with Crippen LogP contribution in [0.4, 0.5) is 10.1 Å². The van der Waals surface area contributed by atoms with Gasteiger partial charge < -0.3 is 9.80 Å². The first-order valence-electron chi connectivity index (χ1n) is 8.86. The molecule has 4 rings (SSSR count). The predicted octanol–water partition coefficient (Wildman–Crippen LogP) is 3.76. The van der Waals surface area contributed by atoms with Crippen LogP contribution in [0.1, 0.15) is 34.3 Å². The van der Waals surface area contributed by atoms with Crippen molar-refractivity contribution in [3.05, 3.63) is 65.0 Å². The van der Waals surface area contributed by atoms with Crippen LogP contribution in [0.2, 0.25) is 0 Å². The highest BCUT2D eigenvalue weighted by Crippen LogP contribution is 2.47. The molecule has 1 amide bonds. The topological polar surface area (TPSA) is 23.6 Å². The van der Waals surface area contributed by atoms with Crippen molar-refractivity contribution in [2.24, 2.45) is 0 Å². The molecule has 2 aromatic carbocycles. The van der Waals surface area contributed by atoms with E-state index < -0.39 is 0 Å². The largest absolute Gasteiger partial charge is 0.307 e. The summed E-state index contributed by atoms with van der Waals surface area (Å²) < 4.78 is 13.6. The Bertz CT molecular complexity index is 824. The molecule has 2 aromatic rings. The number of piperidine rings is 1. The van der Waals surface area contributed by atoms with Crippen LogP contribution in [-0.4, -0.2) is 37.5 Å². The van der Waals surface area contributed by atoms with Crippen molar-refractivity contribution >= 4 is 11.6 Å². The normalized spacial score (nSPS) is 19.2. The number of aryl methyl sites for hydroxylation is 1. The fourth-order valence-corrected chi connectivity index (χ4v) is 4.22.